The highest BCUT2D eigenvalue weighted by atomic mass is 32.2. The minimum Gasteiger partial charge on any atom is -0.370 e. The molecular formula is C12H19N3O2S. The van der Waals surface area contributed by atoms with Crippen LogP contribution in [-0.2, 0) is 9.84 Å². The van der Waals surface area contributed by atoms with Gasteiger partial charge in [0.05, 0.1) is 11.0 Å². The fourth-order valence-electron chi connectivity index (χ4n) is 2.12. The first-order valence-corrected chi connectivity index (χ1v) is 8.00. The summed E-state index contributed by atoms with van der Waals surface area (Å²) in [5.41, 5.74) is 0. The zero-order chi connectivity index (χ0) is 13.0. The highest BCUT2D eigenvalue weighted by molar-refractivity contribution is 7.92. The predicted molar refractivity (Wildman–Crippen MR) is 73.7 cm³/mol. The van der Waals surface area contributed by atoms with E-state index in [1.165, 1.54) is 0 Å². The number of nitrogens with one attached hydrogen (secondary N) is 2. The molecule has 1 atom stereocenters. The Bertz CT molecular complexity index is 502. The molecule has 2 N–H and O–H groups in total. The van der Waals surface area contributed by atoms with E-state index in [4.69, 9.17) is 0 Å². The number of hydrogen-bond acceptors (Lipinski definition) is 5. The Morgan fingerprint density at radius 1 is 1.33 bits per heavy atom. The highest BCUT2D eigenvalue weighted by Gasteiger charge is 2.30. The maximum absolute atomic E-state index is 11.7. The normalized spacial score (nSPS) is 21.7. The van der Waals surface area contributed by atoms with Crippen LogP contribution in [0.2, 0.25) is 0 Å². The zero-order valence-electron chi connectivity index (χ0n) is 10.5. The van der Waals surface area contributed by atoms with Gasteiger partial charge in [-0.3, -0.25) is 0 Å². The number of hydrogen-bond donors (Lipinski definition) is 2. The fourth-order valence-corrected chi connectivity index (χ4v) is 3.88. The van der Waals surface area contributed by atoms with Crippen molar-refractivity contribution in [3.63, 3.8) is 0 Å². The molecule has 2 heterocycles. The lowest BCUT2D eigenvalue weighted by Crippen LogP contribution is -2.25. The first kappa shape index (κ1) is 13.1. The Morgan fingerprint density at radius 2 is 2.06 bits per heavy atom. The number of pyridine rings is 1. The molecule has 1 aromatic rings. The van der Waals surface area contributed by atoms with Gasteiger partial charge in [0.1, 0.15) is 11.6 Å². The van der Waals surface area contributed by atoms with Gasteiger partial charge in [0.25, 0.3) is 0 Å². The Morgan fingerprint density at radius 3 is 2.67 bits per heavy atom. The second-order valence-electron chi connectivity index (χ2n) is 4.45. The van der Waals surface area contributed by atoms with Crippen molar-refractivity contribution < 1.29 is 8.42 Å². The van der Waals surface area contributed by atoms with Gasteiger partial charge in [-0.1, -0.05) is 6.07 Å². The summed E-state index contributed by atoms with van der Waals surface area (Å²) >= 11 is 0. The van der Waals surface area contributed by atoms with Crippen molar-refractivity contribution in [1.82, 2.24) is 4.98 Å². The quantitative estimate of drug-likeness (QED) is 0.847. The molecule has 0 saturated carbocycles. The van der Waals surface area contributed by atoms with Crippen LogP contribution >= 0.6 is 0 Å². The van der Waals surface area contributed by atoms with Crippen LogP contribution in [-0.4, -0.2) is 37.5 Å². The Balaban J connectivity index is 1.96. The minimum atomic E-state index is -2.88. The molecule has 0 amide bonds. The number of aromatic nitrogens is 1. The molecule has 18 heavy (non-hydrogen) atoms. The molecule has 1 aliphatic heterocycles. The van der Waals surface area contributed by atoms with Gasteiger partial charge in [-0.05, 0) is 31.9 Å². The predicted octanol–water partition coefficient (Wildman–Crippen LogP) is 1.50. The summed E-state index contributed by atoms with van der Waals surface area (Å²) < 4.78 is 23.4. The third-order valence-corrected chi connectivity index (χ3v) is 5.36. The van der Waals surface area contributed by atoms with E-state index in [9.17, 15) is 8.42 Å². The van der Waals surface area contributed by atoms with Crippen molar-refractivity contribution in [3.8, 4) is 0 Å². The van der Waals surface area contributed by atoms with E-state index in [0.717, 1.165) is 31.0 Å². The molecule has 1 aliphatic rings. The molecule has 1 saturated heterocycles. The number of anilines is 2. The minimum absolute atomic E-state index is 0.262. The number of nitrogens with zero attached hydrogens (tertiary/aromatic N) is 1. The Kier molecular flexibility index (Phi) is 4.06. The van der Waals surface area contributed by atoms with E-state index < -0.39 is 9.84 Å². The van der Waals surface area contributed by atoms with Crippen molar-refractivity contribution in [2.45, 2.75) is 25.0 Å². The number of rotatable bonds is 5. The van der Waals surface area contributed by atoms with Crippen molar-refractivity contribution >= 4 is 21.5 Å². The van der Waals surface area contributed by atoms with Crippen LogP contribution in [0.25, 0.3) is 0 Å². The lowest BCUT2D eigenvalue weighted by atomic mass is 10.2. The summed E-state index contributed by atoms with van der Waals surface area (Å²) in [4.78, 5) is 4.35. The summed E-state index contributed by atoms with van der Waals surface area (Å²) in [6, 6.07) is 5.64. The average Bonchev–Trinajstić information content (AvgIpc) is 2.67. The maximum atomic E-state index is 11.7. The first-order chi connectivity index (χ1) is 8.62. The van der Waals surface area contributed by atoms with Crippen LogP contribution in [0.3, 0.4) is 0 Å². The monoisotopic (exact) mass is 269 g/mol. The van der Waals surface area contributed by atoms with Crippen LogP contribution in [0.1, 0.15) is 19.8 Å². The second-order valence-corrected chi connectivity index (χ2v) is 6.85. The van der Waals surface area contributed by atoms with Crippen molar-refractivity contribution in [1.29, 1.82) is 0 Å². The Labute approximate surface area is 108 Å². The maximum Gasteiger partial charge on any atom is 0.154 e. The van der Waals surface area contributed by atoms with E-state index in [2.05, 4.69) is 15.6 Å². The smallest absolute Gasteiger partial charge is 0.154 e. The molecule has 0 radical (unpaired) electrons. The second kappa shape index (κ2) is 5.56. The summed E-state index contributed by atoms with van der Waals surface area (Å²) in [6.07, 6.45) is 1.53. The van der Waals surface area contributed by atoms with Gasteiger partial charge in [-0.25, -0.2) is 13.4 Å². The van der Waals surface area contributed by atoms with Gasteiger partial charge in [0.2, 0.25) is 0 Å². The Hall–Kier alpha value is -1.30. The van der Waals surface area contributed by atoms with Crippen LogP contribution in [0.15, 0.2) is 18.2 Å². The van der Waals surface area contributed by atoms with Gasteiger partial charge in [0, 0.05) is 13.1 Å². The largest absolute Gasteiger partial charge is 0.370 e. The van der Waals surface area contributed by atoms with E-state index in [1.54, 1.807) is 0 Å². The van der Waals surface area contributed by atoms with Crippen LogP contribution in [0, 0.1) is 0 Å². The summed E-state index contributed by atoms with van der Waals surface area (Å²) in [5.74, 6) is 1.84. The van der Waals surface area contributed by atoms with Crippen molar-refractivity contribution in [2.24, 2.45) is 0 Å². The van der Waals surface area contributed by atoms with E-state index in [-0.39, 0.29) is 5.25 Å². The van der Waals surface area contributed by atoms with E-state index in [1.807, 2.05) is 25.1 Å². The van der Waals surface area contributed by atoms with Gasteiger partial charge < -0.3 is 10.6 Å². The molecule has 0 bridgehead atoms. The molecule has 100 valence electrons. The molecular weight excluding hydrogens is 250 g/mol. The summed E-state index contributed by atoms with van der Waals surface area (Å²) in [6.45, 7) is 3.27. The van der Waals surface area contributed by atoms with Crippen molar-refractivity contribution in [2.75, 3.05) is 29.5 Å². The van der Waals surface area contributed by atoms with Crippen LogP contribution in [0.5, 0.6) is 0 Å². The van der Waals surface area contributed by atoms with Crippen LogP contribution in [0.4, 0.5) is 11.6 Å². The third kappa shape index (κ3) is 3.13. The van der Waals surface area contributed by atoms with E-state index in [0.29, 0.717) is 12.3 Å². The molecule has 0 spiro atoms. The topological polar surface area (TPSA) is 71.1 Å². The molecule has 1 fully saturated rings. The molecule has 1 aromatic heterocycles. The van der Waals surface area contributed by atoms with E-state index >= 15 is 0 Å². The fraction of sp³-hybridized carbons (Fsp3) is 0.583. The lowest BCUT2D eigenvalue weighted by Gasteiger charge is -2.12. The zero-order valence-corrected chi connectivity index (χ0v) is 11.3. The van der Waals surface area contributed by atoms with Gasteiger partial charge in [-0.2, -0.15) is 0 Å². The SMILES string of the molecule is CCNc1cccc(NCC2CCCS2(=O)=O)n1. The lowest BCUT2D eigenvalue weighted by molar-refractivity contribution is 0.591. The molecule has 5 nitrogen and oxygen atoms in total. The standard InChI is InChI=1S/C12H19N3O2S/c1-2-13-11-6-3-7-12(15-11)14-9-10-5-4-8-18(10,16)17/h3,6-7,10H,2,4-5,8-9H2,1H3,(H2,13,14,15). The molecule has 2 rings (SSSR count). The van der Waals surface area contributed by atoms with Crippen LogP contribution < -0.4 is 10.6 Å². The molecule has 1 unspecified atom stereocenters. The molecule has 0 aliphatic carbocycles. The summed E-state index contributed by atoms with van der Waals surface area (Å²) in [7, 11) is -2.88. The third-order valence-electron chi connectivity index (χ3n) is 3.08. The number of sulfone groups is 1. The summed E-state index contributed by atoms with van der Waals surface area (Å²) in [5, 5.41) is 5.97. The molecule has 6 heteroatoms. The van der Waals surface area contributed by atoms with Gasteiger partial charge in [0.15, 0.2) is 9.84 Å². The van der Waals surface area contributed by atoms with Gasteiger partial charge >= 0.3 is 0 Å². The average molecular weight is 269 g/mol. The highest BCUT2D eigenvalue weighted by Crippen LogP contribution is 2.20. The van der Waals surface area contributed by atoms with Crippen molar-refractivity contribution in [3.05, 3.63) is 18.2 Å². The first-order valence-electron chi connectivity index (χ1n) is 6.28. The van der Waals surface area contributed by atoms with Gasteiger partial charge in [-0.15, -0.1) is 0 Å². The molecule has 0 aromatic carbocycles.